The summed E-state index contributed by atoms with van der Waals surface area (Å²) in [7, 11) is 0. The molecule has 0 aliphatic heterocycles. The van der Waals surface area contributed by atoms with Crippen molar-refractivity contribution in [1.82, 2.24) is 0 Å². The molecule has 0 aromatic heterocycles. The van der Waals surface area contributed by atoms with E-state index in [9.17, 15) is 5.11 Å². The van der Waals surface area contributed by atoms with Gasteiger partial charge in [0.05, 0.1) is 6.10 Å². The highest BCUT2D eigenvalue weighted by Gasteiger charge is 2.65. The molecule has 1 heteroatoms. The van der Waals surface area contributed by atoms with E-state index in [-0.39, 0.29) is 11.5 Å². The standard InChI is InChI=1S/C30H52O/c1-20(2)10-9-11-21(3)22-14-18-30(8)24-12-13-25-27(4,5)26(31)16-17-28(25,6)23(24)15-19-29(22,30)7/h13,20-24,26,31H,9-12,14-19H2,1-8H3/t21-,22-,23-,24+,26-,28+,29-,30+/m0/s1. The van der Waals surface area contributed by atoms with Crippen LogP contribution < -0.4 is 0 Å². The van der Waals surface area contributed by atoms with E-state index in [0.29, 0.717) is 16.2 Å². The van der Waals surface area contributed by atoms with Crippen LogP contribution in [0, 0.1) is 51.2 Å². The molecule has 0 radical (unpaired) electrons. The first-order valence-electron chi connectivity index (χ1n) is 13.8. The van der Waals surface area contributed by atoms with Gasteiger partial charge in [-0.05, 0) is 90.8 Å². The van der Waals surface area contributed by atoms with Crippen LogP contribution in [0.2, 0.25) is 0 Å². The molecular formula is C30H52O. The molecule has 3 saturated carbocycles. The van der Waals surface area contributed by atoms with Gasteiger partial charge in [0.15, 0.2) is 0 Å². The van der Waals surface area contributed by atoms with E-state index in [1.807, 2.05) is 0 Å². The summed E-state index contributed by atoms with van der Waals surface area (Å²) in [5.74, 6) is 4.27. The van der Waals surface area contributed by atoms with Gasteiger partial charge in [-0.2, -0.15) is 0 Å². The van der Waals surface area contributed by atoms with Crippen molar-refractivity contribution >= 4 is 0 Å². The lowest BCUT2D eigenvalue weighted by Gasteiger charge is -2.64. The van der Waals surface area contributed by atoms with Crippen molar-refractivity contribution in [2.45, 2.75) is 126 Å². The van der Waals surface area contributed by atoms with Crippen molar-refractivity contribution in [1.29, 1.82) is 0 Å². The fourth-order valence-electron chi connectivity index (χ4n) is 9.79. The SMILES string of the molecule is CC(C)CCC[C@H](C)[C@@H]1CC[C@]2(C)[C@@H]3CC=C4C(C)(C)[C@@H](O)CC[C@]4(C)[C@H]3CC[C@@]12C. The fraction of sp³-hybridized carbons (Fsp3) is 0.933. The Morgan fingerprint density at radius 3 is 2.23 bits per heavy atom. The summed E-state index contributed by atoms with van der Waals surface area (Å²) >= 11 is 0. The Bertz CT molecular complexity index is 703. The van der Waals surface area contributed by atoms with Gasteiger partial charge < -0.3 is 5.11 Å². The molecule has 8 atom stereocenters. The zero-order valence-electron chi connectivity index (χ0n) is 22.1. The van der Waals surface area contributed by atoms with Gasteiger partial charge in [-0.1, -0.05) is 86.3 Å². The molecule has 0 amide bonds. The maximum Gasteiger partial charge on any atom is 0.0628 e. The van der Waals surface area contributed by atoms with Gasteiger partial charge in [-0.15, -0.1) is 0 Å². The number of aliphatic hydroxyl groups excluding tert-OH is 1. The van der Waals surface area contributed by atoms with Crippen molar-refractivity contribution in [3.05, 3.63) is 11.6 Å². The van der Waals surface area contributed by atoms with E-state index in [1.165, 1.54) is 57.8 Å². The number of allylic oxidation sites excluding steroid dienone is 1. The highest BCUT2D eigenvalue weighted by molar-refractivity contribution is 5.32. The molecule has 0 spiro atoms. The number of rotatable bonds is 5. The topological polar surface area (TPSA) is 20.2 Å². The molecule has 0 aromatic carbocycles. The highest BCUT2D eigenvalue weighted by atomic mass is 16.3. The second kappa shape index (κ2) is 7.89. The zero-order valence-corrected chi connectivity index (χ0v) is 22.1. The van der Waals surface area contributed by atoms with Crippen molar-refractivity contribution in [3.63, 3.8) is 0 Å². The van der Waals surface area contributed by atoms with Gasteiger partial charge >= 0.3 is 0 Å². The Balaban J connectivity index is 1.59. The molecule has 3 fully saturated rings. The zero-order chi connectivity index (χ0) is 22.8. The van der Waals surface area contributed by atoms with Crippen LogP contribution >= 0.6 is 0 Å². The summed E-state index contributed by atoms with van der Waals surface area (Å²) in [6.07, 6.45) is 15.8. The average Bonchev–Trinajstić information content (AvgIpc) is 2.96. The monoisotopic (exact) mass is 428 g/mol. The van der Waals surface area contributed by atoms with E-state index in [0.717, 1.165) is 36.0 Å². The molecule has 4 aliphatic rings. The van der Waals surface area contributed by atoms with Crippen LogP contribution in [-0.2, 0) is 0 Å². The lowest BCUT2D eigenvalue weighted by molar-refractivity contribution is -0.124. The van der Waals surface area contributed by atoms with Crippen molar-refractivity contribution < 1.29 is 5.11 Å². The lowest BCUT2D eigenvalue weighted by atomic mass is 9.40. The quantitative estimate of drug-likeness (QED) is 0.436. The van der Waals surface area contributed by atoms with Crippen LogP contribution in [0.15, 0.2) is 11.6 Å². The Kier molecular flexibility index (Phi) is 6.07. The molecule has 1 nitrogen and oxygen atoms in total. The number of fused-ring (bicyclic) bond motifs is 5. The third-order valence-corrected chi connectivity index (χ3v) is 12.0. The van der Waals surface area contributed by atoms with E-state index in [2.05, 4.69) is 61.5 Å². The normalized spacial score (nSPS) is 47.4. The number of hydrogen-bond donors (Lipinski definition) is 1. The van der Waals surface area contributed by atoms with Gasteiger partial charge in [-0.25, -0.2) is 0 Å². The van der Waals surface area contributed by atoms with E-state index < -0.39 is 0 Å². The molecule has 0 aromatic rings. The molecule has 4 aliphatic carbocycles. The first-order valence-corrected chi connectivity index (χ1v) is 13.8. The number of hydrogen-bond acceptors (Lipinski definition) is 1. The van der Waals surface area contributed by atoms with Crippen molar-refractivity contribution in [3.8, 4) is 0 Å². The Hall–Kier alpha value is -0.300. The minimum Gasteiger partial charge on any atom is -0.392 e. The van der Waals surface area contributed by atoms with Crippen LogP contribution in [0.3, 0.4) is 0 Å². The maximum absolute atomic E-state index is 10.8. The van der Waals surface area contributed by atoms with Gasteiger partial charge in [-0.3, -0.25) is 0 Å². The molecule has 0 heterocycles. The largest absolute Gasteiger partial charge is 0.392 e. The van der Waals surface area contributed by atoms with Crippen LogP contribution in [0.4, 0.5) is 0 Å². The molecule has 0 bridgehead atoms. The van der Waals surface area contributed by atoms with E-state index in [1.54, 1.807) is 5.57 Å². The molecule has 31 heavy (non-hydrogen) atoms. The summed E-state index contributed by atoms with van der Waals surface area (Å²) in [6, 6.07) is 0. The Labute approximate surface area is 193 Å². The van der Waals surface area contributed by atoms with Crippen LogP contribution in [0.5, 0.6) is 0 Å². The van der Waals surface area contributed by atoms with Gasteiger partial charge in [0, 0.05) is 5.41 Å². The van der Waals surface area contributed by atoms with Crippen LogP contribution in [0.1, 0.15) is 120 Å². The van der Waals surface area contributed by atoms with Crippen LogP contribution in [-0.4, -0.2) is 11.2 Å². The molecule has 1 N–H and O–H groups in total. The summed E-state index contributed by atoms with van der Waals surface area (Å²) in [5.41, 5.74) is 2.85. The highest BCUT2D eigenvalue weighted by Crippen LogP contribution is 2.73. The predicted molar refractivity (Wildman–Crippen MR) is 133 cm³/mol. The number of aliphatic hydroxyl groups is 1. The summed E-state index contributed by atoms with van der Waals surface area (Å²) in [6.45, 7) is 19.9. The Morgan fingerprint density at radius 2 is 1.55 bits per heavy atom. The first kappa shape index (κ1) is 23.8. The molecule has 4 rings (SSSR count). The maximum atomic E-state index is 10.8. The summed E-state index contributed by atoms with van der Waals surface area (Å²) in [5, 5.41) is 10.8. The summed E-state index contributed by atoms with van der Waals surface area (Å²) in [4.78, 5) is 0. The average molecular weight is 429 g/mol. The van der Waals surface area contributed by atoms with Gasteiger partial charge in [0.25, 0.3) is 0 Å². The van der Waals surface area contributed by atoms with Crippen LogP contribution in [0.25, 0.3) is 0 Å². The second-order valence-electron chi connectivity index (χ2n) is 14.1. The van der Waals surface area contributed by atoms with E-state index in [4.69, 9.17) is 0 Å². The molecule has 178 valence electrons. The third kappa shape index (κ3) is 3.41. The van der Waals surface area contributed by atoms with E-state index >= 15 is 0 Å². The molecule has 0 unspecified atom stereocenters. The van der Waals surface area contributed by atoms with Crippen molar-refractivity contribution in [2.75, 3.05) is 0 Å². The van der Waals surface area contributed by atoms with Gasteiger partial charge in [0.1, 0.15) is 0 Å². The second-order valence-corrected chi connectivity index (χ2v) is 14.1. The smallest absolute Gasteiger partial charge is 0.0628 e. The Morgan fingerprint density at radius 1 is 0.871 bits per heavy atom. The minimum atomic E-state index is -0.171. The van der Waals surface area contributed by atoms with Gasteiger partial charge in [0.2, 0.25) is 0 Å². The minimum absolute atomic E-state index is 0.0528. The molecule has 0 saturated heterocycles. The fourth-order valence-corrected chi connectivity index (χ4v) is 9.79. The molecular weight excluding hydrogens is 376 g/mol. The predicted octanol–water partition coefficient (Wildman–Crippen LogP) is 8.41. The third-order valence-electron chi connectivity index (χ3n) is 12.0. The lowest BCUT2D eigenvalue weighted by Crippen LogP contribution is -2.57. The summed E-state index contributed by atoms with van der Waals surface area (Å²) < 4.78 is 0. The van der Waals surface area contributed by atoms with Crippen molar-refractivity contribution in [2.24, 2.45) is 51.2 Å². The first-order chi connectivity index (χ1) is 14.4.